The number of carbonyl (C=O) groups is 2. The highest BCUT2D eigenvalue weighted by Gasteiger charge is 2.42. The van der Waals surface area contributed by atoms with E-state index in [4.69, 9.17) is 12.2 Å². The molecule has 1 aromatic rings. The van der Waals surface area contributed by atoms with Crippen LogP contribution in [0, 0.1) is 11.7 Å². The molecular formula is C15H14F4N2O2S. The molecule has 0 aromatic heterocycles. The predicted octanol–water partition coefficient (Wildman–Crippen LogP) is 2.68. The molecule has 1 heterocycles. The Bertz CT molecular complexity index is 646. The number of rotatable bonds is 2. The summed E-state index contributed by atoms with van der Waals surface area (Å²) in [6, 6.07) is 4.33. The topological polar surface area (TPSA) is 49.4 Å². The number of alkyl halides is 3. The van der Waals surface area contributed by atoms with Crippen molar-refractivity contribution in [2.75, 3.05) is 13.1 Å². The number of amides is 1. The second kappa shape index (κ2) is 7.25. The molecule has 4 nitrogen and oxygen atoms in total. The zero-order chi connectivity index (χ0) is 17.9. The van der Waals surface area contributed by atoms with Crippen molar-refractivity contribution in [2.45, 2.75) is 19.0 Å². The van der Waals surface area contributed by atoms with Crippen molar-refractivity contribution >= 4 is 29.0 Å². The first-order valence-electron chi connectivity index (χ1n) is 7.15. The minimum atomic E-state index is -4.33. The molecule has 1 aliphatic heterocycles. The number of carbonyl (C=O) groups excluding carboxylic acids is 2. The van der Waals surface area contributed by atoms with Gasteiger partial charge in [-0.2, -0.15) is 13.2 Å². The lowest BCUT2D eigenvalue weighted by Crippen LogP contribution is -2.50. The summed E-state index contributed by atoms with van der Waals surface area (Å²) in [4.78, 5) is 25.0. The molecular weight excluding hydrogens is 348 g/mol. The molecule has 130 valence electrons. The lowest BCUT2D eigenvalue weighted by molar-refractivity contribution is -0.183. The Hall–Kier alpha value is -2.03. The Balaban J connectivity index is 1.97. The van der Waals surface area contributed by atoms with E-state index in [2.05, 4.69) is 5.32 Å². The van der Waals surface area contributed by atoms with E-state index < -0.39 is 29.6 Å². The third kappa shape index (κ3) is 4.50. The number of benzene rings is 1. The first kappa shape index (κ1) is 18.3. The number of piperidine rings is 1. The van der Waals surface area contributed by atoms with Gasteiger partial charge < -0.3 is 4.90 Å². The van der Waals surface area contributed by atoms with Crippen molar-refractivity contribution in [3.63, 3.8) is 0 Å². The maximum absolute atomic E-state index is 12.8. The molecule has 1 N–H and O–H groups in total. The van der Waals surface area contributed by atoms with E-state index >= 15 is 0 Å². The number of hydrogen-bond acceptors (Lipinski definition) is 3. The zero-order valence-corrected chi connectivity index (χ0v) is 13.2. The summed E-state index contributed by atoms with van der Waals surface area (Å²) in [7, 11) is 0. The summed E-state index contributed by atoms with van der Waals surface area (Å²) in [6.45, 7) is -0.0796. The normalized spacial score (nSPS) is 18.2. The third-order valence-electron chi connectivity index (χ3n) is 3.70. The van der Waals surface area contributed by atoms with Gasteiger partial charge in [0.25, 0.3) is 11.7 Å². The Morgan fingerprint density at radius 1 is 1.21 bits per heavy atom. The van der Waals surface area contributed by atoms with Crippen LogP contribution in [0.2, 0.25) is 0 Å². The highest BCUT2D eigenvalue weighted by Crippen LogP contribution is 2.33. The predicted molar refractivity (Wildman–Crippen MR) is 81.8 cm³/mol. The maximum atomic E-state index is 12.8. The van der Waals surface area contributed by atoms with Crippen molar-refractivity contribution in [3.8, 4) is 0 Å². The minimum Gasteiger partial charge on any atom is -0.348 e. The van der Waals surface area contributed by atoms with Crippen LogP contribution in [0.25, 0.3) is 0 Å². The van der Waals surface area contributed by atoms with Crippen molar-refractivity contribution in [2.24, 2.45) is 5.92 Å². The zero-order valence-electron chi connectivity index (χ0n) is 12.4. The highest BCUT2D eigenvalue weighted by atomic mass is 32.1. The van der Waals surface area contributed by atoms with Gasteiger partial charge in [-0.1, -0.05) is 0 Å². The van der Waals surface area contributed by atoms with E-state index in [-0.39, 0.29) is 36.6 Å². The number of nitrogens with zero attached hydrogens (tertiary/aromatic N) is 1. The molecule has 0 radical (unpaired) electrons. The van der Waals surface area contributed by atoms with Crippen LogP contribution in [0.5, 0.6) is 0 Å². The van der Waals surface area contributed by atoms with Crippen LogP contribution in [0.15, 0.2) is 24.3 Å². The summed E-state index contributed by atoms with van der Waals surface area (Å²) in [5.41, 5.74) is -0.0384. The Morgan fingerprint density at radius 3 is 2.42 bits per heavy atom. The average Bonchev–Trinajstić information content (AvgIpc) is 2.54. The quantitative estimate of drug-likeness (QED) is 0.380. The van der Waals surface area contributed by atoms with Gasteiger partial charge in [0.05, 0.1) is 5.92 Å². The number of ketones is 1. The maximum Gasteiger partial charge on any atom is 0.393 e. The van der Waals surface area contributed by atoms with E-state index in [1.165, 1.54) is 4.90 Å². The Kier molecular flexibility index (Phi) is 5.53. The van der Waals surface area contributed by atoms with Crippen LogP contribution in [0.4, 0.5) is 17.6 Å². The van der Waals surface area contributed by atoms with E-state index in [1.54, 1.807) is 0 Å². The van der Waals surface area contributed by atoms with Crippen molar-refractivity contribution in [3.05, 3.63) is 35.6 Å². The van der Waals surface area contributed by atoms with Crippen LogP contribution in [0.1, 0.15) is 23.2 Å². The summed E-state index contributed by atoms with van der Waals surface area (Å²) in [5.74, 6) is -4.09. The largest absolute Gasteiger partial charge is 0.393 e. The molecule has 1 fully saturated rings. The van der Waals surface area contributed by atoms with Crippen LogP contribution in [-0.4, -0.2) is 41.0 Å². The molecule has 0 saturated carbocycles. The van der Waals surface area contributed by atoms with E-state index in [0.29, 0.717) is 0 Å². The third-order valence-corrected chi connectivity index (χ3v) is 4.06. The van der Waals surface area contributed by atoms with Crippen LogP contribution >= 0.6 is 12.2 Å². The minimum absolute atomic E-state index is 0.00503. The number of halogens is 4. The Labute approximate surface area is 140 Å². The summed E-state index contributed by atoms with van der Waals surface area (Å²) in [6.07, 6.45) is -4.04. The van der Waals surface area contributed by atoms with Gasteiger partial charge in [-0.15, -0.1) is 0 Å². The van der Waals surface area contributed by atoms with E-state index in [9.17, 15) is 27.2 Å². The average molecular weight is 362 g/mol. The fourth-order valence-electron chi connectivity index (χ4n) is 2.39. The van der Waals surface area contributed by atoms with Gasteiger partial charge in [0, 0.05) is 18.7 Å². The molecule has 9 heteroatoms. The van der Waals surface area contributed by atoms with Crippen molar-refractivity contribution in [1.29, 1.82) is 0 Å². The number of likely N-dealkylation sites (tertiary alicyclic amines) is 1. The molecule has 0 spiro atoms. The molecule has 1 unspecified atom stereocenters. The lowest BCUT2D eigenvalue weighted by Gasteiger charge is -2.35. The first-order chi connectivity index (χ1) is 11.2. The fourth-order valence-corrected chi connectivity index (χ4v) is 2.65. The van der Waals surface area contributed by atoms with E-state index in [0.717, 1.165) is 24.3 Å². The van der Waals surface area contributed by atoms with Crippen LogP contribution in [-0.2, 0) is 4.79 Å². The monoisotopic (exact) mass is 362 g/mol. The summed E-state index contributed by atoms with van der Waals surface area (Å²) < 4.78 is 51.1. The fraction of sp³-hybridized carbons (Fsp3) is 0.400. The van der Waals surface area contributed by atoms with Crippen LogP contribution in [0.3, 0.4) is 0 Å². The Morgan fingerprint density at radius 2 is 1.83 bits per heavy atom. The molecule has 0 bridgehead atoms. The van der Waals surface area contributed by atoms with Gasteiger partial charge >= 0.3 is 6.18 Å². The standard InChI is InChI=1S/C15H14F4N2O2S/c16-11-5-3-9(4-6-11)12(22)13(23)20-14(24)21-7-1-2-10(8-21)15(17,18)19/h3-6,10H,1-2,7-8H2,(H,20,23,24). The van der Waals surface area contributed by atoms with E-state index in [1.807, 2.05) is 0 Å². The molecule has 1 amide bonds. The number of Topliss-reactive ketones (excluding diaryl/α,β-unsaturated/α-hetero) is 1. The molecule has 1 saturated heterocycles. The SMILES string of the molecule is O=C(NC(=S)N1CCCC(C(F)(F)F)C1)C(=O)c1ccc(F)cc1. The molecule has 1 aromatic carbocycles. The van der Waals surface area contributed by atoms with Crippen molar-refractivity contribution < 1.29 is 27.2 Å². The van der Waals surface area contributed by atoms with Gasteiger partial charge in [-0.25, -0.2) is 4.39 Å². The second-order valence-corrected chi connectivity index (χ2v) is 5.81. The van der Waals surface area contributed by atoms with Crippen molar-refractivity contribution in [1.82, 2.24) is 10.2 Å². The highest BCUT2D eigenvalue weighted by molar-refractivity contribution is 7.80. The summed E-state index contributed by atoms with van der Waals surface area (Å²) in [5, 5.41) is 1.92. The molecule has 2 rings (SSSR count). The lowest BCUT2D eigenvalue weighted by atomic mass is 9.98. The number of hydrogen-bond donors (Lipinski definition) is 1. The molecule has 0 aliphatic carbocycles. The van der Waals surface area contributed by atoms with Gasteiger partial charge in [-0.05, 0) is 49.3 Å². The summed E-state index contributed by atoms with van der Waals surface area (Å²) >= 11 is 4.93. The van der Waals surface area contributed by atoms with Crippen LogP contribution < -0.4 is 5.32 Å². The van der Waals surface area contributed by atoms with Gasteiger partial charge in [0.2, 0.25) is 0 Å². The molecule has 1 atom stereocenters. The molecule has 24 heavy (non-hydrogen) atoms. The van der Waals surface area contributed by atoms with Gasteiger partial charge in [0.1, 0.15) is 5.82 Å². The number of thiocarbonyl (C=S) groups is 1. The molecule has 1 aliphatic rings. The second-order valence-electron chi connectivity index (χ2n) is 5.42. The number of nitrogens with one attached hydrogen (secondary N) is 1. The van der Waals surface area contributed by atoms with Gasteiger partial charge in [0.15, 0.2) is 5.11 Å². The van der Waals surface area contributed by atoms with Gasteiger partial charge in [-0.3, -0.25) is 14.9 Å². The first-order valence-corrected chi connectivity index (χ1v) is 7.56. The smallest absolute Gasteiger partial charge is 0.348 e.